The van der Waals surface area contributed by atoms with E-state index in [9.17, 15) is 4.79 Å². The summed E-state index contributed by atoms with van der Waals surface area (Å²) in [6.07, 6.45) is 2.28. The quantitative estimate of drug-likeness (QED) is 0.724. The number of nitrogens with zero attached hydrogens (tertiary/aromatic N) is 1. The highest BCUT2D eigenvalue weighted by molar-refractivity contribution is 7.09. The molecule has 0 unspecified atom stereocenters. The second-order valence-electron chi connectivity index (χ2n) is 3.04. The zero-order valence-electron chi connectivity index (χ0n) is 7.82. The van der Waals surface area contributed by atoms with Gasteiger partial charge in [0.05, 0.1) is 11.6 Å². The Morgan fingerprint density at radius 3 is 3.00 bits per heavy atom. The molecule has 4 heteroatoms. The molecule has 0 aliphatic carbocycles. The molecule has 0 aliphatic heterocycles. The van der Waals surface area contributed by atoms with Crippen LogP contribution in [0.1, 0.15) is 18.7 Å². The number of hydrogen-bond acceptors (Lipinski definition) is 4. The average molecular weight is 199 g/mol. The molecule has 0 amide bonds. The average Bonchev–Trinajstić information content (AvgIpc) is 2.53. The van der Waals surface area contributed by atoms with E-state index in [1.165, 1.54) is 11.3 Å². The number of rotatable bonds is 5. The largest absolute Gasteiger partial charge is 0.371 e. The molecule has 1 aromatic heterocycles. The summed E-state index contributed by atoms with van der Waals surface area (Å²) in [5, 5.41) is 0. The Kier molecular flexibility index (Phi) is 4.05. The summed E-state index contributed by atoms with van der Waals surface area (Å²) in [6.45, 7) is 4.04. The molecule has 0 aliphatic rings. The fourth-order valence-electron chi connectivity index (χ4n) is 0.834. The highest BCUT2D eigenvalue weighted by Crippen LogP contribution is 2.06. The van der Waals surface area contributed by atoms with Crippen molar-refractivity contribution >= 4 is 17.1 Å². The van der Waals surface area contributed by atoms with Crippen molar-refractivity contribution in [3.8, 4) is 0 Å². The van der Waals surface area contributed by atoms with Crippen LogP contribution in [-0.4, -0.2) is 23.5 Å². The van der Waals surface area contributed by atoms with Crippen LogP contribution < -0.4 is 0 Å². The van der Waals surface area contributed by atoms with Crippen LogP contribution in [0, 0.1) is 0 Å². The number of aromatic nitrogens is 1. The molecule has 0 bridgehead atoms. The van der Waals surface area contributed by atoms with Gasteiger partial charge in [-0.05, 0) is 13.8 Å². The van der Waals surface area contributed by atoms with Gasteiger partial charge in [-0.2, -0.15) is 0 Å². The van der Waals surface area contributed by atoms with E-state index in [1.807, 2.05) is 13.8 Å². The molecule has 0 fully saturated rings. The monoisotopic (exact) mass is 199 g/mol. The first-order valence-electron chi connectivity index (χ1n) is 4.19. The van der Waals surface area contributed by atoms with E-state index in [2.05, 4.69) is 4.98 Å². The van der Waals surface area contributed by atoms with Gasteiger partial charge in [0.25, 0.3) is 0 Å². The minimum absolute atomic E-state index is 0.109. The van der Waals surface area contributed by atoms with Crippen molar-refractivity contribution in [3.05, 3.63) is 16.6 Å². The fourth-order valence-corrected chi connectivity index (χ4v) is 1.46. The van der Waals surface area contributed by atoms with E-state index < -0.39 is 0 Å². The number of thiazole rings is 1. The topological polar surface area (TPSA) is 39.2 Å². The molecule has 1 aromatic rings. The summed E-state index contributed by atoms with van der Waals surface area (Å²) in [5.41, 5.74) is 1.73. The van der Waals surface area contributed by atoms with Crippen LogP contribution in [0.15, 0.2) is 11.7 Å². The summed E-state index contributed by atoms with van der Waals surface area (Å²) < 4.78 is 5.19. The molecular formula is C9H13NO2S. The van der Waals surface area contributed by atoms with Gasteiger partial charge in [0.1, 0.15) is 6.61 Å². The summed E-state index contributed by atoms with van der Waals surface area (Å²) >= 11 is 1.50. The predicted octanol–water partition coefficient (Wildman–Crippen LogP) is 1.68. The molecule has 0 N–H and O–H groups in total. The maximum absolute atomic E-state index is 11.3. The SMILES string of the molecule is CC(C)OCC(=O)Cc1cncs1. The number of Topliss-reactive ketones (excluding diaryl/α,β-unsaturated/α-hetero) is 1. The molecule has 0 atom stereocenters. The molecule has 0 spiro atoms. The van der Waals surface area contributed by atoms with Gasteiger partial charge in [-0.3, -0.25) is 9.78 Å². The van der Waals surface area contributed by atoms with E-state index in [-0.39, 0.29) is 18.5 Å². The number of ketones is 1. The van der Waals surface area contributed by atoms with Crippen LogP contribution in [-0.2, 0) is 16.0 Å². The van der Waals surface area contributed by atoms with Gasteiger partial charge in [-0.1, -0.05) is 0 Å². The second kappa shape index (κ2) is 5.09. The number of hydrogen-bond donors (Lipinski definition) is 0. The van der Waals surface area contributed by atoms with Gasteiger partial charge in [0, 0.05) is 17.5 Å². The van der Waals surface area contributed by atoms with Crippen molar-refractivity contribution in [2.75, 3.05) is 6.61 Å². The Balaban J connectivity index is 2.26. The smallest absolute Gasteiger partial charge is 0.163 e. The highest BCUT2D eigenvalue weighted by Gasteiger charge is 2.05. The van der Waals surface area contributed by atoms with E-state index in [0.717, 1.165) is 4.88 Å². The van der Waals surface area contributed by atoms with Gasteiger partial charge in [0.2, 0.25) is 0 Å². The lowest BCUT2D eigenvalue weighted by molar-refractivity contribution is -0.124. The Labute approximate surface area is 81.8 Å². The summed E-state index contributed by atoms with van der Waals surface area (Å²) in [6, 6.07) is 0. The second-order valence-corrected chi connectivity index (χ2v) is 4.01. The molecular weight excluding hydrogens is 186 g/mol. The molecule has 3 nitrogen and oxygen atoms in total. The summed E-state index contributed by atoms with van der Waals surface area (Å²) in [7, 11) is 0. The molecule has 1 rings (SSSR count). The van der Waals surface area contributed by atoms with Gasteiger partial charge in [-0.15, -0.1) is 11.3 Å². The van der Waals surface area contributed by atoms with E-state index in [0.29, 0.717) is 6.42 Å². The van der Waals surface area contributed by atoms with Crippen LogP contribution in [0.2, 0.25) is 0 Å². The van der Waals surface area contributed by atoms with Crippen LogP contribution in [0.25, 0.3) is 0 Å². The molecule has 0 radical (unpaired) electrons. The van der Waals surface area contributed by atoms with Gasteiger partial charge in [0.15, 0.2) is 5.78 Å². The first kappa shape index (κ1) is 10.3. The third kappa shape index (κ3) is 4.15. The van der Waals surface area contributed by atoms with Crippen LogP contribution >= 0.6 is 11.3 Å². The lowest BCUT2D eigenvalue weighted by atomic mass is 10.3. The van der Waals surface area contributed by atoms with Crippen LogP contribution in [0.5, 0.6) is 0 Å². The first-order valence-corrected chi connectivity index (χ1v) is 5.07. The van der Waals surface area contributed by atoms with Gasteiger partial charge in [-0.25, -0.2) is 0 Å². The highest BCUT2D eigenvalue weighted by atomic mass is 32.1. The summed E-state index contributed by atoms with van der Waals surface area (Å²) in [5.74, 6) is 0.109. The van der Waals surface area contributed by atoms with Crippen LogP contribution in [0.4, 0.5) is 0 Å². The molecule has 0 saturated carbocycles. The van der Waals surface area contributed by atoms with Gasteiger partial charge >= 0.3 is 0 Å². The fraction of sp³-hybridized carbons (Fsp3) is 0.556. The maximum Gasteiger partial charge on any atom is 0.163 e. The molecule has 0 aromatic carbocycles. The van der Waals surface area contributed by atoms with Crippen molar-refractivity contribution in [2.24, 2.45) is 0 Å². The molecule has 1 heterocycles. The van der Waals surface area contributed by atoms with Crippen molar-refractivity contribution in [1.29, 1.82) is 0 Å². The normalized spacial score (nSPS) is 10.7. The number of carbonyl (C=O) groups excluding carboxylic acids is 1. The number of ether oxygens (including phenoxy) is 1. The van der Waals surface area contributed by atoms with Crippen molar-refractivity contribution in [2.45, 2.75) is 26.4 Å². The Morgan fingerprint density at radius 2 is 2.46 bits per heavy atom. The standard InChI is InChI=1S/C9H13NO2S/c1-7(2)12-5-8(11)3-9-4-10-6-13-9/h4,6-7H,3,5H2,1-2H3. The molecule has 13 heavy (non-hydrogen) atoms. The van der Waals surface area contributed by atoms with E-state index >= 15 is 0 Å². The third-order valence-electron chi connectivity index (χ3n) is 1.43. The Bertz CT molecular complexity index is 257. The zero-order valence-corrected chi connectivity index (χ0v) is 8.63. The minimum Gasteiger partial charge on any atom is -0.371 e. The van der Waals surface area contributed by atoms with Crippen LogP contribution in [0.3, 0.4) is 0 Å². The van der Waals surface area contributed by atoms with Crippen molar-refractivity contribution in [1.82, 2.24) is 4.98 Å². The Morgan fingerprint density at radius 1 is 1.69 bits per heavy atom. The maximum atomic E-state index is 11.3. The zero-order chi connectivity index (χ0) is 9.68. The lowest BCUT2D eigenvalue weighted by Gasteiger charge is -2.05. The summed E-state index contributed by atoms with van der Waals surface area (Å²) in [4.78, 5) is 16.2. The van der Waals surface area contributed by atoms with E-state index in [4.69, 9.17) is 4.74 Å². The van der Waals surface area contributed by atoms with Crippen molar-refractivity contribution < 1.29 is 9.53 Å². The van der Waals surface area contributed by atoms with E-state index in [1.54, 1.807) is 11.7 Å². The first-order chi connectivity index (χ1) is 6.18. The lowest BCUT2D eigenvalue weighted by Crippen LogP contribution is -2.14. The third-order valence-corrected chi connectivity index (χ3v) is 2.21. The number of carbonyl (C=O) groups is 1. The Hall–Kier alpha value is -0.740. The minimum atomic E-state index is 0.109. The van der Waals surface area contributed by atoms with Gasteiger partial charge < -0.3 is 4.74 Å². The molecule has 72 valence electrons. The van der Waals surface area contributed by atoms with Crippen molar-refractivity contribution in [3.63, 3.8) is 0 Å². The predicted molar refractivity (Wildman–Crippen MR) is 51.9 cm³/mol. The molecule has 0 saturated heterocycles.